The Balaban J connectivity index is 0.000000329. The van der Waals surface area contributed by atoms with Gasteiger partial charge in [-0.3, -0.25) is 0 Å². The molecule has 0 aromatic heterocycles. The van der Waals surface area contributed by atoms with Gasteiger partial charge in [0, 0.05) is 0 Å². The topological polar surface area (TPSA) is 171 Å². The summed E-state index contributed by atoms with van der Waals surface area (Å²) in [5.41, 5.74) is 0.636. The molecule has 2 rings (SSSR count). The van der Waals surface area contributed by atoms with Crippen LogP contribution in [0.5, 0.6) is 0 Å². The molecule has 0 heterocycles. The maximum Gasteiger partial charge on any atom is 0.386 e. The summed E-state index contributed by atoms with van der Waals surface area (Å²) in [6.07, 6.45) is -6.84. The summed E-state index contributed by atoms with van der Waals surface area (Å²) in [5, 5.41) is 43.5. The average Bonchev–Trinajstić information content (AvgIpc) is 2.81. The Morgan fingerprint density at radius 2 is 1.17 bits per heavy atom. The fourth-order valence-corrected chi connectivity index (χ4v) is 1.94. The van der Waals surface area contributed by atoms with Crippen LogP contribution in [0, 0.1) is 0 Å². The van der Waals surface area contributed by atoms with Crippen LogP contribution in [0.4, 0.5) is 0 Å². The van der Waals surface area contributed by atoms with Crippen molar-refractivity contribution < 1.29 is 49.7 Å². The Morgan fingerprint density at radius 3 is 1.50 bits per heavy atom. The Morgan fingerprint density at radius 1 is 0.767 bits per heavy atom. The van der Waals surface area contributed by atoms with Crippen LogP contribution in [0.15, 0.2) is 60.7 Å². The van der Waals surface area contributed by atoms with Crippen LogP contribution in [0.1, 0.15) is 20.7 Å². The van der Waals surface area contributed by atoms with Gasteiger partial charge >= 0.3 is 11.9 Å². The molecule has 0 saturated carbocycles. The van der Waals surface area contributed by atoms with Crippen molar-refractivity contribution in [3.05, 3.63) is 71.8 Å². The average molecular weight is 422 g/mol. The summed E-state index contributed by atoms with van der Waals surface area (Å²) in [6, 6.07) is 16.6. The normalized spacial score (nSPS) is 14.2. The van der Waals surface area contributed by atoms with E-state index in [-0.39, 0.29) is 6.29 Å². The van der Waals surface area contributed by atoms with Gasteiger partial charge in [-0.25, -0.2) is 19.4 Å². The number of hydrogen-bond acceptors (Lipinski definition) is 10. The van der Waals surface area contributed by atoms with Gasteiger partial charge in [0.2, 0.25) is 0 Å². The minimum absolute atomic E-state index is 0.0258. The van der Waals surface area contributed by atoms with Crippen LogP contribution in [-0.4, -0.2) is 74.8 Å². The Kier molecular flexibility index (Phi) is 10.9. The van der Waals surface area contributed by atoms with Crippen molar-refractivity contribution in [3.8, 4) is 0 Å². The van der Waals surface area contributed by atoms with Crippen LogP contribution < -0.4 is 0 Å². The molecule has 0 aliphatic heterocycles. The first kappa shape index (κ1) is 24.9. The van der Waals surface area contributed by atoms with Gasteiger partial charge in [-0.05, 0) is 24.3 Å². The van der Waals surface area contributed by atoms with Gasteiger partial charge in [0.25, 0.3) is 0 Å². The third-order valence-electron chi connectivity index (χ3n) is 3.63. The summed E-state index contributed by atoms with van der Waals surface area (Å²) in [4.78, 5) is 41.8. The highest BCUT2D eigenvalue weighted by Gasteiger charge is 2.29. The van der Waals surface area contributed by atoms with E-state index < -0.39 is 43.0 Å². The molecule has 0 aliphatic carbocycles. The monoisotopic (exact) mass is 422 g/mol. The third kappa shape index (κ3) is 8.07. The van der Waals surface area contributed by atoms with Crippen molar-refractivity contribution in [2.75, 3.05) is 6.61 Å². The number of aliphatic hydroxyl groups excluding tert-OH is 5. The number of hydrogen-bond donors (Lipinski definition) is 5. The minimum Gasteiger partial charge on any atom is -0.394 e. The summed E-state index contributed by atoms with van der Waals surface area (Å²) < 4.78 is 0. The van der Waals surface area contributed by atoms with Crippen LogP contribution in [0.3, 0.4) is 0 Å². The van der Waals surface area contributed by atoms with E-state index in [0.717, 1.165) is 0 Å². The van der Waals surface area contributed by atoms with E-state index >= 15 is 0 Å². The first-order chi connectivity index (χ1) is 14.3. The Hall–Kier alpha value is -3.15. The maximum absolute atomic E-state index is 11.5. The molecule has 0 fully saturated rings. The number of benzene rings is 2. The van der Waals surface area contributed by atoms with Gasteiger partial charge in [-0.15, -0.1) is 0 Å². The zero-order chi connectivity index (χ0) is 22.5. The molecule has 0 bridgehead atoms. The second-order valence-corrected chi connectivity index (χ2v) is 5.83. The highest BCUT2D eigenvalue weighted by molar-refractivity contribution is 5.92. The molecule has 10 heteroatoms. The molecule has 4 unspecified atom stereocenters. The van der Waals surface area contributed by atoms with Crippen molar-refractivity contribution >= 4 is 18.2 Å². The van der Waals surface area contributed by atoms with E-state index in [1.807, 2.05) is 0 Å². The van der Waals surface area contributed by atoms with Gasteiger partial charge in [0.1, 0.15) is 24.4 Å². The zero-order valence-electron chi connectivity index (χ0n) is 15.6. The number of aldehydes is 1. The fraction of sp³-hybridized carbons (Fsp3) is 0.250. The summed E-state index contributed by atoms with van der Waals surface area (Å²) in [5.74, 6) is -1.42. The second-order valence-electron chi connectivity index (χ2n) is 5.83. The van der Waals surface area contributed by atoms with E-state index in [2.05, 4.69) is 9.78 Å². The quantitative estimate of drug-likeness (QED) is 0.217. The lowest BCUT2D eigenvalue weighted by Gasteiger charge is -2.22. The Bertz CT molecular complexity index is 729. The second kappa shape index (κ2) is 13.1. The predicted octanol–water partition coefficient (Wildman–Crippen LogP) is -0.763. The molecule has 0 amide bonds. The van der Waals surface area contributed by atoms with Crippen molar-refractivity contribution in [3.63, 3.8) is 0 Å². The fourth-order valence-electron chi connectivity index (χ4n) is 1.94. The lowest BCUT2D eigenvalue weighted by molar-refractivity contribution is -0.187. The lowest BCUT2D eigenvalue weighted by Crippen LogP contribution is -2.46. The number of aliphatic hydroxyl groups is 5. The molecule has 10 nitrogen and oxygen atoms in total. The van der Waals surface area contributed by atoms with E-state index in [9.17, 15) is 14.4 Å². The molecule has 162 valence electrons. The number of carbonyl (C=O) groups excluding carboxylic acids is 3. The van der Waals surface area contributed by atoms with Gasteiger partial charge in [0.05, 0.1) is 17.7 Å². The molecule has 0 saturated heterocycles. The van der Waals surface area contributed by atoms with Crippen molar-refractivity contribution in [1.82, 2.24) is 0 Å². The van der Waals surface area contributed by atoms with Crippen LogP contribution in [0.25, 0.3) is 0 Å². The molecular formula is C20H22O10. The largest absolute Gasteiger partial charge is 0.394 e. The minimum atomic E-state index is -1.79. The van der Waals surface area contributed by atoms with E-state index in [4.69, 9.17) is 25.5 Å². The van der Waals surface area contributed by atoms with Gasteiger partial charge in [-0.1, -0.05) is 36.4 Å². The Labute approximate surface area is 171 Å². The van der Waals surface area contributed by atoms with E-state index in [1.165, 1.54) is 0 Å². The molecular weight excluding hydrogens is 400 g/mol. The highest BCUT2D eigenvalue weighted by atomic mass is 17.2. The van der Waals surface area contributed by atoms with Crippen LogP contribution in [0.2, 0.25) is 0 Å². The molecule has 0 spiro atoms. The maximum atomic E-state index is 11.5. The molecule has 30 heavy (non-hydrogen) atoms. The summed E-state index contributed by atoms with van der Waals surface area (Å²) in [7, 11) is 0. The van der Waals surface area contributed by atoms with E-state index in [0.29, 0.717) is 11.1 Å². The van der Waals surface area contributed by atoms with Crippen molar-refractivity contribution in [1.29, 1.82) is 0 Å². The highest BCUT2D eigenvalue weighted by Crippen LogP contribution is 2.05. The molecule has 2 aromatic rings. The van der Waals surface area contributed by atoms with Gasteiger partial charge in [-0.2, -0.15) is 0 Å². The number of carbonyl (C=O) groups is 3. The summed E-state index contributed by atoms with van der Waals surface area (Å²) in [6.45, 7) is -0.760. The standard InChI is InChI=1S/C14H10O4.C6H12O6/c15-13(11-7-3-1-4-8-11)17-18-14(16)12-9-5-2-6-10-12;7-1-3(9)5(11)6(12)4(10)2-8/h1-10H;1,3-6,8-12H,2H2. The molecule has 4 atom stereocenters. The lowest BCUT2D eigenvalue weighted by atomic mass is 10.0. The predicted molar refractivity (Wildman–Crippen MR) is 101 cm³/mol. The van der Waals surface area contributed by atoms with Gasteiger partial charge in [0.15, 0.2) is 6.29 Å². The smallest absolute Gasteiger partial charge is 0.386 e. The van der Waals surface area contributed by atoms with Crippen molar-refractivity contribution in [2.45, 2.75) is 24.4 Å². The third-order valence-corrected chi connectivity index (χ3v) is 3.63. The van der Waals surface area contributed by atoms with Crippen LogP contribution >= 0.6 is 0 Å². The summed E-state index contributed by atoms with van der Waals surface area (Å²) >= 11 is 0. The molecule has 2 aromatic carbocycles. The first-order valence-electron chi connectivity index (χ1n) is 8.63. The SMILES string of the molecule is O=C(OOC(=O)c1ccccc1)c1ccccc1.O=CC(O)C(O)C(O)C(O)CO. The van der Waals surface area contributed by atoms with Crippen molar-refractivity contribution in [2.24, 2.45) is 0 Å². The number of rotatable bonds is 7. The van der Waals surface area contributed by atoms with E-state index in [1.54, 1.807) is 60.7 Å². The zero-order valence-corrected chi connectivity index (χ0v) is 15.6. The first-order valence-corrected chi connectivity index (χ1v) is 8.63. The molecule has 0 aliphatic rings. The van der Waals surface area contributed by atoms with Crippen LogP contribution in [-0.2, 0) is 14.6 Å². The van der Waals surface area contributed by atoms with Gasteiger partial charge < -0.3 is 30.3 Å². The molecule has 5 N–H and O–H groups in total. The molecule has 0 radical (unpaired) electrons.